The maximum Gasteiger partial charge on any atom is 0.305 e. The van der Waals surface area contributed by atoms with E-state index in [1.165, 1.54) is 28.8 Å². The molecule has 0 spiro atoms. The summed E-state index contributed by atoms with van der Waals surface area (Å²) in [6.45, 7) is 9.25. The summed E-state index contributed by atoms with van der Waals surface area (Å²) in [6, 6.07) is 6.33. The van der Waals surface area contributed by atoms with Crippen LogP contribution in [0.1, 0.15) is 52.0 Å². The van der Waals surface area contributed by atoms with Gasteiger partial charge in [0.15, 0.2) is 5.82 Å². The smallest absolute Gasteiger partial charge is 0.305 e. The number of thiazole rings is 1. The van der Waals surface area contributed by atoms with Gasteiger partial charge in [0.05, 0.1) is 34.1 Å². The maximum atomic E-state index is 15.9. The Hall–Kier alpha value is -3.16. The van der Waals surface area contributed by atoms with E-state index in [0.717, 1.165) is 17.8 Å². The van der Waals surface area contributed by atoms with Gasteiger partial charge in [-0.25, -0.2) is 19.3 Å². The van der Waals surface area contributed by atoms with Crippen LogP contribution in [0.4, 0.5) is 16.0 Å². The first-order valence-electron chi connectivity index (χ1n) is 13.1. The van der Waals surface area contributed by atoms with Crippen molar-refractivity contribution in [3.8, 4) is 21.8 Å². The zero-order valence-corrected chi connectivity index (χ0v) is 25.0. The van der Waals surface area contributed by atoms with Gasteiger partial charge in [-0.15, -0.1) is 11.3 Å². The van der Waals surface area contributed by atoms with Crippen molar-refractivity contribution in [2.75, 3.05) is 36.8 Å². The van der Waals surface area contributed by atoms with Crippen LogP contribution in [0.5, 0.6) is 0 Å². The van der Waals surface area contributed by atoms with Gasteiger partial charge in [-0.2, -0.15) is 12.7 Å². The zero-order valence-electron chi connectivity index (χ0n) is 23.3. The second-order valence-electron chi connectivity index (χ2n) is 10.9. The van der Waals surface area contributed by atoms with Gasteiger partial charge in [0.2, 0.25) is 5.95 Å². The molecule has 0 aliphatic carbocycles. The number of rotatable bonds is 10. The predicted octanol–water partition coefficient (Wildman–Crippen LogP) is 5.07. The molecule has 13 heteroatoms. The summed E-state index contributed by atoms with van der Waals surface area (Å²) in [5.41, 5.74) is 0.635. The van der Waals surface area contributed by atoms with E-state index in [1.54, 1.807) is 24.4 Å². The fourth-order valence-corrected chi connectivity index (χ4v) is 6.61. The van der Waals surface area contributed by atoms with Crippen molar-refractivity contribution in [2.24, 2.45) is 5.92 Å². The van der Waals surface area contributed by atoms with Crippen molar-refractivity contribution < 1.29 is 22.3 Å². The summed E-state index contributed by atoms with van der Waals surface area (Å²) >= 11 is 1.40. The summed E-state index contributed by atoms with van der Waals surface area (Å²) in [5.74, 6) is -0.646. The Morgan fingerprint density at radius 2 is 1.93 bits per heavy atom. The van der Waals surface area contributed by atoms with Gasteiger partial charge in [0.1, 0.15) is 0 Å². The van der Waals surface area contributed by atoms with E-state index in [-0.39, 0.29) is 35.0 Å². The SMILES string of the molecule is COC(=O)C[C@@H](C)CNc1nccc(-c2sc(C(C)(C)C)nc2-c2cccc(NS(=O)(=O)N3CCCC3)c2F)n1. The number of carbonyl (C=O) groups is 1. The number of hydrogen-bond acceptors (Lipinski definition) is 9. The number of halogens is 1. The number of methoxy groups -OCH3 is 1. The highest BCUT2D eigenvalue weighted by molar-refractivity contribution is 7.90. The molecular formula is C27H35FN6O4S2. The standard InChI is InChI=1S/C27H35FN6O4S2/c1-17(15-21(35)38-5)16-30-26-29-12-11-20(31-26)24-23(32-25(39-24)27(2,3)4)18-9-8-10-19(22(18)28)33-40(36,37)34-13-6-7-14-34/h8-12,17,33H,6-7,13-16H2,1-5H3,(H,29,30,31)/t17-/m1/s1. The molecule has 0 bridgehead atoms. The number of esters is 1. The summed E-state index contributed by atoms with van der Waals surface area (Å²) in [4.78, 5) is 26.0. The molecule has 0 radical (unpaired) electrons. The predicted molar refractivity (Wildman–Crippen MR) is 155 cm³/mol. The van der Waals surface area contributed by atoms with Crippen molar-refractivity contribution in [1.29, 1.82) is 0 Å². The Bertz CT molecular complexity index is 1470. The number of nitrogens with one attached hydrogen (secondary N) is 2. The summed E-state index contributed by atoms with van der Waals surface area (Å²) in [6.07, 6.45) is 3.42. The maximum absolute atomic E-state index is 15.9. The summed E-state index contributed by atoms with van der Waals surface area (Å²) < 4.78 is 50.1. The molecule has 40 heavy (non-hydrogen) atoms. The number of ether oxygens (including phenoxy) is 1. The van der Waals surface area contributed by atoms with E-state index in [0.29, 0.717) is 41.8 Å². The normalized spacial score (nSPS) is 15.2. The Balaban J connectivity index is 1.69. The van der Waals surface area contributed by atoms with Crippen LogP contribution in [-0.4, -0.2) is 60.4 Å². The highest BCUT2D eigenvalue weighted by atomic mass is 32.2. The van der Waals surface area contributed by atoms with Crippen LogP contribution in [0.25, 0.3) is 21.8 Å². The molecule has 216 valence electrons. The molecule has 1 aromatic carbocycles. The minimum atomic E-state index is -3.88. The molecule has 3 heterocycles. The van der Waals surface area contributed by atoms with Gasteiger partial charge in [0, 0.05) is 43.2 Å². The largest absolute Gasteiger partial charge is 0.469 e. The summed E-state index contributed by atoms with van der Waals surface area (Å²) in [7, 11) is -2.52. The molecule has 1 aliphatic heterocycles. The number of benzene rings is 1. The molecule has 3 aromatic rings. The van der Waals surface area contributed by atoms with Crippen molar-refractivity contribution in [3.05, 3.63) is 41.3 Å². The molecule has 0 amide bonds. The monoisotopic (exact) mass is 590 g/mol. The molecule has 1 aliphatic rings. The van der Waals surface area contributed by atoms with Crippen molar-refractivity contribution in [1.82, 2.24) is 19.3 Å². The van der Waals surface area contributed by atoms with E-state index in [2.05, 4.69) is 20.0 Å². The van der Waals surface area contributed by atoms with Crippen LogP contribution in [0.3, 0.4) is 0 Å². The van der Waals surface area contributed by atoms with E-state index in [9.17, 15) is 13.2 Å². The molecule has 1 atom stereocenters. The molecular weight excluding hydrogens is 555 g/mol. The molecule has 1 saturated heterocycles. The van der Waals surface area contributed by atoms with Gasteiger partial charge in [0.25, 0.3) is 0 Å². The van der Waals surface area contributed by atoms with Gasteiger partial charge < -0.3 is 10.1 Å². The fourth-order valence-electron chi connectivity index (χ4n) is 4.20. The number of nitrogens with zero attached hydrogens (tertiary/aromatic N) is 4. The molecule has 2 aromatic heterocycles. The van der Waals surface area contributed by atoms with Crippen LogP contribution >= 0.6 is 11.3 Å². The number of aromatic nitrogens is 3. The zero-order chi connectivity index (χ0) is 29.1. The first kappa shape index (κ1) is 29.8. The van der Waals surface area contributed by atoms with Crippen molar-refractivity contribution in [3.63, 3.8) is 0 Å². The van der Waals surface area contributed by atoms with E-state index < -0.39 is 16.0 Å². The van der Waals surface area contributed by atoms with Gasteiger partial charge >= 0.3 is 16.2 Å². The Kier molecular flexibility index (Phi) is 9.06. The second kappa shape index (κ2) is 12.1. The topological polar surface area (TPSA) is 126 Å². The first-order chi connectivity index (χ1) is 18.9. The Labute approximate surface area is 238 Å². The van der Waals surface area contributed by atoms with E-state index in [4.69, 9.17) is 9.72 Å². The van der Waals surface area contributed by atoms with Crippen LogP contribution in [0.15, 0.2) is 30.5 Å². The van der Waals surface area contributed by atoms with Gasteiger partial charge in [-0.3, -0.25) is 9.52 Å². The molecule has 4 rings (SSSR count). The van der Waals surface area contributed by atoms with E-state index in [1.807, 2.05) is 27.7 Å². The quantitative estimate of drug-likeness (QED) is 0.314. The number of hydrogen-bond donors (Lipinski definition) is 2. The highest BCUT2D eigenvalue weighted by Crippen LogP contribution is 2.42. The average molecular weight is 591 g/mol. The van der Waals surface area contributed by atoms with Crippen LogP contribution in [0.2, 0.25) is 0 Å². The van der Waals surface area contributed by atoms with E-state index >= 15 is 4.39 Å². The van der Waals surface area contributed by atoms with Crippen LogP contribution < -0.4 is 10.0 Å². The molecule has 1 fully saturated rings. The lowest BCUT2D eigenvalue weighted by molar-refractivity contribution is -0.141. The first-order valence-corrected chi connectivity index (χ1v) is 15.4. The molecule has 2 N–H and O–H groups in total. The Morgan fingerprint density at radius 3 is 2.60 bits per heavy atom. The lowest BCUT2D eigenvalue weighted by Gasteiger charge is -2.18. The average Bonchev–Trinajstić information content (AvgIpc) is 3.60. The fraction of sp³-hybridized carbons (Fsp3) is 0.481. The minimum absolute atomic E-state index is 0.00709. The summed E-state index contributed by atoms with van der Waals surface area (Å²) in [5, 5.41) is 3.93. The van der Waals surface area contributed by atoms with Crippen LogP contribution in [-0.2, 0) is 25.2 Å². The molecule has 10 nitrogen and oxygen atoms in total. The third-order valence-electron chi connectivity index (χ3n) is 6.41. The third kappa shape index (κ3) is 6.94. The lowest BCUT2D eigenvalue weighted by Crippen LogP contribution is -2.33. The molecule has 0 unspecified atom stereocenters. The number of anilines is 2. The van der Waals surface area contributed by atoms with Crippen molar-refractivity contribution >= 4 is 39.2 Å². The Morgan fingerprint density at radius 1 is 1.20 bits per heavy atom. The van der Waals surface area contributed by atoms with Gasteiger partial charge in [-0.05, 0) is 37.0 Å². The van der Waals surface area contributed by atoms with Crippen LogP contribution in [0, 0.1) is 11.7 Å². The minimum Gasteiger partial charge on any atom is -0.469 e. The third-order valence-corrected chi connectivity index (χ3v) is 9.43. The van der Waals surface area contributed by atoms with Crippen molar-refractivity contribution in [2.45, 2.75) is 52.4 Å². The van der Waals surface area contributed by atoms with Gasteiger partial charge in [-0.1, -0.05) is 33.8 Å². The highest BCUT2D eigenvalue weighted by Gasteiger charge is 2.29. The number of carbonyl (C=O) groups excluding carboxylic acids is 1. The molecule has 0 saturated carbocycles. The lowest BCUT2D eigenvalue weighted by atomic mass is 9.98. The second-order valence-corrected chi connectivity index (χ2v) is 13.5.